The molecule has 28 heavy (non-hydrogen) atoms. The van der Waals surface area contributed by atoms with E-state index in [0.717, 1.165) is 30.0 Å². The van der Waals surface area contributed by atoms with Gasteiger partial charge in [0.05, 0.1) is 25.6 Å². The van der Waals surface area contributed by atoms with Crippen LogP contribution in [-0.2, 0) is 17.7 Å². The first-order chi connectivity index (χ1) is 13.2. The summed E-state index contributed by atoms with van der Waals surface area (Å²) in [5.74, 6) is -0.310. The summed E-state index contributed by atoms with van der Waals surface area (Å²) in [6.45, 7) is 7.38. The highest BCUT2D eigenvalue weighted by Crippen LogP contribution is 2.38. The lowest BCUT2D eigenvalue weighted by Gasteiger charge is -2.22. The molecule has 1 aromatic carbocycles. The molecular weight excluding hydrogens is 376 g/mol. The second kappa shape index (κ2) is 7.93. The summed E-state index contributed by atoms with van der Waals surface area (Å²) >= 11 is 1.50. The van der Waals surface area contributed by atoms with Crippen LogP contribution in [0.15, 0.2) is 23.2 Å². The molecule has 0 bridgehead atoms. The SMILES string of the molecule is COc1cccc(C=Nc2sc3c(c2C(=O)OC(C)(C)C)CC[NH+](C)C3)c1[O-]. The summed E-state index contributed by atoms with van der Waals surface area (Å²) in [5, 5.41) is 13.0. The summed E-state index contributed by atoms with van der Waals surface area (Å²) in [5.41, 5.74) is 1.40. The van der Waals surface area contributed by atoms with Gasteiger partial charge >= 0.3 is 5.97 Å². The van der Waals surface area contributed by atoms with E-state index in [4.69, 9.17) is 9.47 Å². The van der Waals surface area contributed by atoms with E-state index >= 15 is 0 Å². The van der Waals surface area contributed by atoms with Gasteiger partial charge in [-0.1, -0.05) is 17.9 Å². The van der Waals surface area contributed by atoms with Crippen LogP contribution < -0.4 is 14.7 Å². The van der Waals surface area contributed by atoms with Gasteiger partial charge in [-0.15, -0.1) is 11.3 Å². The number of aliphatic imine (C=N–C) groups is 1. The number of thiophene rings is 1. The van der Waals surface area contributed by atoms with Crippen LogP contribution in [0.3, 0.4) is 0 Å². The molecule has 1 atom stereocenters. The van der Waals surface area contributed by atoms with Crippen molar-refractivity contribution < 1.29 is 24.3 Å². The molecule has 1 aliphatic rings. The number of likely N-dealkylation sites (N-methyl/N-ethyl adjacent to an activating group) is 1. The van der Waals surface area contributed by atoms with E-state index in [9.17, 15) is 9.90 Å². The number of para-hydroxylation sites is 1. The number of esters is 1. The smallest absolute Gasteiger partial charge is 0.342 e. The second-order valence-electron chi connectivity index (χ2n) is 7.96. The van der Waals surface area contributed by atoms with Crippen LogP contribution >= 0.6 is 11.3 Å². The van der Waals surface area contributed by atoms with Crippen molar-refractivity contribution in [3.63, 3.8) is 0 Å². The molecule has 1 unspecified atom stereocenters. The fourth-order valence-corrected chi connectivity index (χ4v) is 4.45. The van der Waals surface area contributed by atoms with Crippen molar-refractivity contribution in [3.05, 3.63) is 39.8 Å². The van der Waals surface area contributed by atoms with E-state index in [1.807, 2.05) is 20.8 Å². The number of hydrogen-bond donors (Lipinski definition) is 1. The largest absolute Gasteiger partial charge is 0.870 e. The molecular formula is C21H26N2O4S. The summed E-state index contributed by atoms with van der Waals surface area (Å²) < 4.78 is 10.7. The monoisotopic (exact) mass is 402 g/mol. The maximum atomic E-state index is 12.9. The summed E-state index contributed by atoms with van der Waals surface area (Å²) in [4.78, 5) is 20.0. The number of methoxy groups -OCH3 is 1. The zero-order valence-corrected chi connectivity index (χ0v) is 17.7. The van der Waals surface area contributed by atoms with Crippen LogP contribution in [0.5, 0.6) is 11.5 Å². The summed E-state index contributed by atoms with van der Waals surface area (Å²) in [6, 6.07) is 5.05. The van der Waals surface area contributed by atoms with Gasteiger partial charge in [0.2, 0.25) is 0 Å². The molecule has 0 spiro atoms. The Morgan fingerprint density at radius 3 is 2.79 bits per heavy atom. The first-order valence-corrected chi connectivity index (χ1v) is 10.1. The molecule has 0 amide bonds. The van der Waals surface area contributed by atoms with Crippen molar-refractivity contribution in [1.29, 1.82) is 0 Å². The van der Waals surface area contributed by atoms with E-state index in [0.29, 0.717) is 16.1 Å². The third kappa shape index (κ3) is 4.36. The number of carbonyl (C=O) groups is 1. The predicted molar refractivity (Wildman–Crippen MR) is 108 cm³/mol. The van der Waals surface area contributed by atoms with Gasteiger partial charge in [0, 0.05) is 12.6 Å². The van der Waals surface area contributed by atoms with Gasteiger partial charge in [0.25, 0.3) is 0 Å². The Kier molecular flexibility index (Phi) is 5.76. The molecule has 0 saturated heterocycles. The third-order valence-electron chi connectivity index (χ3n) is 4.49. The number of nitrogens with zero attached hydrogens (tertiary/aromatic N) is 1. The molecule has 150 valence electrons. The molecule has 0 aliphatic carbocycles. The Hall–Kier alpha value is -2.38. The van der Waals surface area contributed by atoms with Crippen LogP contribution in [0.1, 0.15) is 47.1 Å². The average Bonchev–Trinajstić information content (AvgIpc) is 2.96. The molecule has 7 heteroatoms. The van der Waals surface area contributed by atoms with Crippen molar-refractivity contribution in [2.75, 3.05) is 20.7 Å². The molecule has 0 saturated carbocycles. The van der Waals surface area contributed by atoms with Gasteiger partial charge in [-0.05, 0) is 38.0 Å². The minimum Gasteiger partial charge on any atom is -0.870 e. The fourth-order valence-electron chi connectivity index (χ4n) is 3.16. The molecule has 6 nitrogen and oxygen atoms in total. The van der Waals surface area contributed by atoms with Gasteiger partial charge in [-0.25, -0.2) is 9.79 Å². The molecule has 2 aromatic rings. The molecule has 1 aromatic heterocycles. The zero-order chi connectivity index (χ0) is 20.5. The molecule has 0 fully saturated rings. The van der Waals surface area contributed by atoms with Gasteiger partial charge in [-0.3, -0.25) is 0 Å². The highest BCUT2D eigenvalue weighted by Gasteiger charge is 2.31. The fraction of sp³-hybridized carbons (Fsp3) is 0.429. The molecule has 2 heterocycles. The number of carbonyl (C=O) groups excluding carboxylic acids is 1. The summed E-state index contributed by atoms with van der Waals surface area (Å²) in [7, 11) is 3.60. The zero-order valence-electron chi connectivity index (χ0n) is 16.9. The quantitative estimate of drug-likeness (QED) is 0.628. The molecule has 1 aliphatic heterocycles. The highest BCUT2D eigenvalue weighted by molar-refractivity contribution is 7.16. The van der Waals surface area contributed by atoms with E-state index in [2.05, 4.69) is 12.0 Å². The Morgan fingerprint density at radius 2 is 2.11 bits per heavy atom. The second-order valence-corrected chi connectivity index (χ2v) is 9.04. The first kappa shape index (κ1) is 20.4. The molecule has 1 N–H and O–H groups in total. The molecule has 3 rings (SSSR count). The van der Waals surface area contributed by atoms with Crippen molar-refractivity contribution in [2.45, 2.75) is 39.3 Å². The van der Waals surface area contributed by atoms with Crippen molar-refractivity contribution in [3.8, 4) is 11.5 Å². The number of quaternary nitrogens is 1. The van der Waals surface area contributed by atoms with Crippen LogP contribution in [0.2, 0.25) is 0 Å². The number of fused-ring (bicyclic) bond motifs is 1. The maximum Gasteiger partial charge on any atom is 0.342 e. The number of nitrogens with one attached hydrogen (secondary N) is 1. The van der Waals surface area contributed by atoms with Gasteiger partial charge in [0.15, 0.2) is 0 Å². The number of benzene rings is 1. The van der Waals surface area contributed by atoms with E-state index in [1.165, 1.54) is 29.6 Å². The van der Waals surface area contributed by atoms with Crippen LogP contribution in [0.4, 0.5) is 5.00 Å². The average molecular weight is 403 g/mol. The van der Waals surface area contributed by atoms with Crippen LogP contribution in [-0.4, -0.2) is 38.5 Å². The Bertz CT molecular complexity index is 912. The normalized spacial score (nSPS) is 16.8. The van der Waals surface area contributed by atoms with E-state index in [1.54, 1.807) is 18.2 Å². The number of hydrogen-bond acceptors (Lipinski definition) is 6. The van der Waals surface area contributed by atoms with Gasteiger partial charge in [-0.2, -0.15) is 0 Å². The van der Waals surface area contributed by atoms with E-state index < -0.39 is 5.60 Å². The van der Waals surface area contributed by atoms with Crippen molar-refractivity contribution in [2.24, 2.45) is 4.99 Å². The predicted octanol–water partition coefficient (Wildman–Crippen LogP) is 2.11. The third-order valence-corrected chi connectivity index (χ3v) is 5.63. The lowest BCUT2D eigenvalue weighted by molar-refractivity contribution is -0.895. The van der Waals surface area contributed by atoms with Crippen molar-refractivity contribution >= 4 is 28.5 Å². The van der Waals surface area contributed by atoms with Crippen LogP contribution in [0.25, 0.3) is 0 Å². The highest BCUT2D eigenvalue weighted by atomic mass is 32.1. The first-order valence-electron chi connectivity index (χ1n) is 9.27. The Balaban J connectivity index is 2.02. The topological polar surface area (TPSA) is 75.4 Å². The van der Waals surface area contributed by atoms with E-state index in [-0.39, 0.29) is 17.5 Å². The standard InChI is InChI=1S/C21H26N2O4S/c1-21(2,3)27-20(25)17-14-9-10-23(4)12-16(14)28-19(17)22-11-13-7-6-8-15(26-5)18(13)24/h6-8,11,24H,9-10,12H2,1-5H3. The Morgan fingerprint density at radius 1 is 1.36 bits per heavy atom. The Labute approximate surface area is 169 Å². The lowest BCUT2D eigenvalue weighted by atomic mass is 10.0. The number of rotatable bonds is 4. The summed E-state index contributed by atoms with van der Waals surface area (Å²) in [6.07, 6.45) is 2.32. The molecule has 0 radical (unpaired) electrons. The minimum atomic E-state index is -0.585. The number of ether oxygens (including phenoxy) is 2. The maximum absolute atomic E-state index is 12.9. The van der Waals surface area contributed by atoms with Gasteiger partial charge in [0.1, 0.15) is 28.5 Å². The minimum absolute atomic E-state index is 0.224. The van der Waals surface area contributed by atoms with Crippen molar-refractivity contribution in [1.82, 2.24) is 0 Å². The lowest BCUT2D eigenvalue weighted by Crippen LogP contribution is -3.08. The van der Waals surface area contributed by atoms with Crippen LogP contribution in [0, 0.1) is 0 Å². The van der Waals surface area contributed by atoms with Gasteiger partial charge < -0.3 is 19.5 Å².